The lowest BCUT2D eigenvalue weighted by atomic mass is 10.2. The van der Waals surface area contributed by atoms with Crippen molar-refractivity contribution in [1.82, 2.24) is 0 Å². The molecule has 0 aliphatic rings. The largest absolute Gasteiger partial charge is 0.500 e. The zero-order valence-corrected chi connectivity index (χ0v) is 20.6. The average Bonchev–Trinajstić information content (AvgIpc) is 2.70. The van der Waals surface area contributed by atoms with E-state index >= 15 is 0 Å². The van der Waals surface area contributed by atoms with E-state index in [-0.39, 0.29) is 0 Å². The second kappa shape index (κ2) is 12.4. The van der Waals surface area contributed by atoms with E-state index in [1.54, 1.807) is 21.3 Å². The summed E-state index contributed by atoms with van der Waals surface area (Å²) >= 11 is 0. The van der Waals surface area contributed by atoms with Crippen LogP contribution in [0, 0.1) is 0 Å². The molecule has 0 N–H and O–H groups in total. The van der Waals surface area contributed by atoms with Gasteiger partial charge in [-0.3, -0.25) is 0 Å². The highest BCUT2D eigenvalue weighted by Crippen LogP contribution is 2.36. The molecule has 9 nitrogen and oxygen atoms in total. The van der Waals surface area contributed by atoms with Crippen LogP contribution < -0.4 is 4.57 Å². The maximum absolute atomic E-state index is 11.4. The van der Waals surface area contributed by atoms with Crippen molar-refractivity contribution in [1.29, 1.82) is 0 Å². The highest BCUT2D eigenvalue weighted by molar-refractivity contribution is 8.13. The van der Waals surface area contributed by atoms with Crippen LogP contribution in [0.3, 0.4) is 0 Å². The lowest BCUT2D eigenvalue weighted by Crippen LogP contribution is -2.44. The smallest absolute Gasteiger partial charge is 0.421 e. The van der Waals surface area contributed by atoms with E-state index in [9.17, 15) is 43.2 Å². The third-order valence-corrected chi connectivity index (χ3v) is 9.51. The molecule has 33 heavy (non-hydrogen) atoms. The molecular weight excluding hydrogens is 526 g/mol. The predicted molar refractivity (Wildman–Crippen MR) is 106 cm³/mol. The van der Waals surface area contributed by atoms with E-state index in [0.717, 1.165) is 29.6 Å². The van der Waals surface area contributed by atoms with Gasteiger partial charge in [-0.15, -0.1) is 0 Å². The van der Waals surface area contributed by atoms with Crippen molar-refractivity contribution in [3.05, 3.63) is 34.2 Å². The highest BCUT2D eigenvalue weighted by atomic mass is 32.3. The monoisotopic (exact) mass is 550 g/mol. The molecule has 1 rings (SSSR count). The Morgan fingerprint density at radius 1 is 0.939 bits per heavy atom. The van der Waals surface area contributed by atoms with E-state index in [1.807, 2.05) is 0 Å². The molecule has 0 unspecified atom stereocenters. The fraction of sp³-hybridized carbons (Fsp3) is 0.667. The van der Waals surface area contributed by atoms with Crippen LogP contribution in [0.4, 0.5) is 26.3 Å². The molecule has 0 spiro atoms. The van der Waals surface area contributed by atoms with Crippen LogP contribution in [0.5, 0.6) is 0 Å². The summed E-state index contributed by atoms with van der Waals surface area (Å²) in [6.45, 7) is 3.12. The van der Waals surface area contributed by atoms with Crippen molar-refractivity contribution in [3.63, 3.8) is 0 Å². The first-order valence-electron chi connectivity index (χ1n) is 8.90. The second-order valence-corrected chi connectivity index (χ2v) is 12.6. The zero-order chi connectivity index (χ0) is 26.1. The van der Waals surface area contributed by atoms with E-state index < -0.39 is 39.9 Å². The van der Waals surface area contributed by atoms with E-state index in [2.05, 4.69) is 36.0 Å². The number of nitrogens with zero attached hydrogens (tertiary/aromatic N) is 2. The van der Waals surface area contributed by atoms with Gasteiger partial charge in [-0.05, 0) is 12.5 Å². The van der Waals surface area contributed by atoms with Crippen LogP contribution in [-0.2, 0) is 46.3 Å². The number of pyridine rings is 1. The Morgan fingerprint density at radius 2 is 1.39 bits per heavy atom. The molecular formula is C15H24F6N2O7S2Si. The molecule has 18 heteroatoms. The summed E-state index contributed by atoms with van der Waals surface area (Å²) in [5.74, 6) is 0. The minimum absolute atomic E-state index is 0.778. The Hall–Kier alpha value is -1.31. The maximum atomic E-state index is 11.4. The van der Waals surface area contributed by atoms with Crippen LogP contribution in [0.25, 0.3) is 4.13 Å². The lowest BCUT2D eigenvalue weighted by molar-refractivity contribution is -0.697. The van der Waals surface area contributed by atoms with Crippen molar-refractivity contribution in [2.24, 2.45) is 0 Å². The van der Waals surface area contributed by atoms with E-state index in [4.69, 9.17) is 13.3 Å². The third-order valence-electron chi connectivity index (χ3n) is 3.94. The van der Waals surface area contributed by atoms with Crippen LogP contribution in [0.2, 0.25) is 6.04 Å². The quantitative estimate of drug-likeness (QED) is 0.250. The normalized spacial score (nSPS) is 13.4. The maximum Gasteiger partial charge on any atom is 0.500 e. The molecule has 0 bridgehead atoms. The van der Waals surface area contributed by atoms with Crippen molar-refractivity contribution in [2.45, 2.75) is 43.4 Å². The van der Waals surface area contributed by atoms with Gasteiger partial charge in [0.15, 0.2) is 32.4 Å². The first-order chi connectivity index (χ1) is 14.9. The van der Waals surface area contributed by atoms with E-state index in [1.165, 1.54) is 5.56 Å². The first-order valence-corrected chi connectivity index (χ1v) is 13.7. The summed E-state index contributed by atoms with van der Waals surface area (Å²) in [4.78, 5) is 0. The number of halogens is 6. The van der Waals surface area contributed by atoms with Crippen molar-refractivity contribution in [2.75, 3.05) is 21.3 Å². The van der Waals surface area contributed by atoms with Crippen LogP contribution in [-0.4, -0.2) is 58.0 Å². The van der Waals surface area contributed by atoms with Gasteiger partial charge in [0, 0.05) is 45.4 Å². The first kappa shape index (κ1) is 31.7. The highest BCUT2D eigenvalue weighted by Gasteiger charge is 2.47. The standard InChI is InChI=1S/C13H24NO3Si.C2F6NO4S2/c1-5-13-8-6-9-14(12-13)10-7-11-18(15-2,16-3)17-4;3-1(4,5)14(10,11)9-15(12,13)2(6,7)8/h6,8-9,12H,5,7,10-11H2,1-4H3;/q+1;-1. The number of alkyl halides is 6. The number of rotatable bonds is 10. The Balaban J connectivity index is 0.000000633. The van der Waals surface area contributed by atoms with Gasteiger partial charge in [-0.2, -0.15) is 26.3 Å². The van der Waals surface area contributed by atoms with Gasteiger partial charge in [0.2, 0.25) is 0 Å². The molecule has 1 heterocycles. The molecule has 0 saturated carbocycles. The van der Waals surface area contributed by atoms with Gasteiger partial charge >= 0.3 is 19.8 Å². The molecule has 0 saturated heterocycles. The number of aryl methyl sites for hydroxylation is 2. The molecule has 1 aromatic heterocycles. The second-order valence-electron chi connectivity index (χ2n) is 6.12. The molecule has 0 radical (unpaired) electrons. The Bertz CT molecular complexity index is 902. The predicted octanol–water partition coefficient (Wildman–Crippen LogP) is 2.86. The SMILES string of the molecule is CCc1ccc[n+](CCC[Si](OC)(OC)OC)c1.O=S(=O)([N-]S(=O)(=O)C(F)(F)F)C(F)(F)F. The molecule has 0 fully saturated rings. The summed E-state index contributed by atoms with van der Waals surface area (Å²) in [6, 6.07) is 5.07. The topological polar surface area (TPSA) is 114 Å². The molecule has 1 aromatic rings. The van der Waals surface area contributed by atoms with Gasteiger partial charge in [-0.1, -0.05) is 6.92 Å². The molecule has 0 amide bonds. The third kappa shape index (κ3) is 9.83. The van der Waals surface area contributed by atoms with Crippen molar-refractivity contribution >= 4 is 28.9 Å². The summed E-state index contributed by atoms with van der Waals surface area (Å²) in [6.07, 6.45) is 6.33. The molecule has 0 aliphatic carbocycles. The summed E-state index contributed by atoms with van der Waals surface area (Å²) in [5, 5.41) is 0. The number of aromatic nitrogens is 1. The van der Waals surface area contributed by atoms with Crippen LogP contribution in [0.15, 0.2) is 24.5 Å². The fourth-order valence-electron chi connectivity index (χ4n) is 2.17. The fourth-order valence-corrected chi connectivity index (χ4v) is 5.59. The van der Waals surface area contributed by atoms with Gasteiger partial charge in [-0.25, -0.2) is 21.4 Å². The Labute approximate surface area is 189 Å². The molecule has 194 valence electrons. The number of hydrogen-bond donors (Lipinski definition) is 0. The Kier molecular flexibility index (Phi) is 11.9. The van der Waals surface area contributed by atoms with Gasteiger partial charge in [0.1, 0.15) is 6.54 Å². The molecule has 0 aliphatic heterocycles. The molecule has 0 aromatic carbocycles. The van der Waals surface area contributed by atoms with Crippen molar-refractivity contribution in [3.8, 4) is 0 Å². The van der Waals surface area contributed by atoms with E-state index in [0.29, 0.717) is 0 Å². The summed E-state index contributed by atoms with van der Waals surface area (Å²) in [7, 11) is -10.9. The number of hydrogen-bond acceptors (Lipinski definition) is 7. The summed E-state index contributed by atoms with van der Waals surface area (Å²) in [5.41, 5.74) is -11.1. The lowest BCUT2D eigenvalue weighted by Gasteiger charge is -2.23. The minimum atomic E-state index is -6.72. The average molecular weight is 551 g/mol. The van der Waals surface area contributed by atoms with Gasteiger partial charge in [0.25, 0.3) is 0 Å². The van der Waals surface area contributed by atoms with Gasteiger partial charge < -0.3 is 17.4 Å². The zero-order valence-electron chi connectivity index (χ0n) is 18.0. The number of sulfonamides is 2. The summed E-state index contributed by atoms with van der Waals surface area (Å²) < 4.78 is 128. The van der Waals surface area contributed by atoms with Crippen molar-refractivity contribution < 1.29 is 61.0 Å². The minimum Gasteiger partial charge on any atom is -0.421 e. The van der Waals surface area contributed by atoms with Gasteiger partial charge in [0.05, 0.1) is 0 Å². The van der Waals surface area contributed by atoms with Crippen LogP contribution >= 0.6 is 0 Å². The molecule has 0 atom stereocenters. The van der Waals surface area contributed by atoms with Crippen LogP contribution in [0.1, 0.15) is 18.9 Å². The Morgan fingerprint density at radius 3 is 1.76 bits per heavy atom.